The van der Waals surface area contributed by atoms with Crippen molar-refractivity contribution in [1.82, 2.24) is 0 Å². The van der Waals surface area contributed by atoms with E-state index in [0.29, 0.717) is 0 Å². The maximum Gasteiger partial charge on any atom is 0.151 e. The van der Waals surface area contributed by atoms with Gasteiger partial charge in [-0.2, -0.15) is 0 Å². The molecule has 2 nitrogen and oxygen atoms in total. The molecule has 2 aromatic rings. The lowest BCUT2D eigenvalue weighted by Crippen LogP contribution is -2.27. The lowest BCUT2D eigenvalue weighted by Gasteiger charge is -2.35. The zero-order valence-corrected chi connectivity index (χ0v) is 22.1. The number of nitrogens with zero attached hydrogens (tertiary/aromatic N) is 1. The third-order valence-corrected chi connectivity index (χ3v) is 7.40. The van der Waals surface area contributed by atoms with Gasteiger partial charge in [0.1, 0.15) is 0 Å². The number of ether oxygens (including phenoxy) is 1. The van der Waals surface area contributed by atoms with Crippen LogP contribution in [0.4, 0.5) is 11.4 Å². The average Bonchev–Trinajstić information content (AvgIpc) is 2.87. The summed E-state index contributed by atoms with van der Waals surface area (Å²) < 4.78 is 6.24. The van der Waals surface area contributed by atoms with Gasteiger partial charge in [-0.3, -0.25) is 0 Å². The van der Waals surface area contributed by atoms with Gasteiger partial charge in [-0.1, -0.05) is 128 Å². The van der Waals surface area contributed by atoms with Crippen LogP contribution in [-0.4, -0.2) is 6.54 Å². The lowest BCUT2D eigenvalue weighted by atomic mass is 9.93. The normalized spacial score (nSPS) is 13.3. The fraction of sp³-hybridized carbons (Fsp3) is 0.625. The number of unbranched alkanes of at least 4 members (excludes halogenated alkanes) is 12. The molecule has 0 bridgehead atoms. The smallest absolute Gasteiger partial charge is 0.151 e. The van der Waals surface area contributed by atoms with Crippen molar-refractivity contribution in [3.05, 3.63) is 48.5 Å². The first-order chi connectivity index (χ1) is 16.8. The summed E-state index contributed by atoms with van der Waals surface area (Å²) in [4.78, 5) is 2.54. The second kappa shape index (κ2) is 15.8. The second-order valence-corrected chi connectivity index (χ2v) is 10.3. The highest BCUT2D eigenvalue weighted by atomic mass is 16.5. The van der Waals surface area contributed by atoms with Crippen LogP contribution in [0.15, 0.2) is 48.5 Å². The van der Waals surface area contributed by atoms with Crippen molar-refractivity contribution in [1.29, 1.82) is 0 Å². The van der Waals surface area contributed by atoms with Crippen LogP contribution in [0, 0.1) is 5.92 Å². The maximum absolute atomic E-state index is 6.24. The molecule has 0 aliphatic carbocycles. The van der Waals surface area contributed by atoms with Gasteiger partial charge in [-0.15, -0.1) is 0 Å². The Balaban J connectivity index is 1.58. The van der Waals surface area contributed by atoms with Crippen LogP contribution in [0.25, 0.3) is 0 Å². The summed E-state index contributed by atoms with van der Waals surface area (Å²) in [6.07, 6.45) is 22.2. The molecular formula is C32H49NO. The van der Waals surface area contributed by atoms with Crippen LogP contribution in [-0.2, 0) is 0 Å². The van der Waals surface area contributed by atoms with E-state index in [2.05, 4.69) is 67.3 Å². The summed E-state index contributed by atoms with van der Waals surface area (Å²) in [6.45, 7) is 5.70. The fourth-order valence-corrected chi connectivity index (χ4v) is 5.34. The molecule has 1 atom stereocenters. The van der Waals surface area contributed by atoms with E-state index in [1.807, 2.05) is 0 Å². The Morgan fingerprint density at radius 2 is 0.971 bits per heavy atom. The third kappa shape index (κ3) is 8.67. The number of rotatable bonds is 18. The Hall–Kier alpha value is -1.96. The number of anilines is 2. The van der Waals surface area contributed by atoms with Crippen LogP contribution in [0.2, 0.25) is 0 Å². The van der Waals surface area contributed by atoms with Gasteiger partial charge >= 0.3 is 0 Å². The molecule has 1 aliphatic heterocycles. The van der Waals surface area contributed by atoms with Gasteiger partial charge < -0.3 is 9.64 Å². The molecule has 1 aliphatic rings. The zero-order valence-electron chi connectivity index (χ0n) is 22.1. The Kier molecular flexibility index (Phi) is 12.4. The zero-order chi connectivity index (χ0) is 23.8. The van der Waals surface area contributed by atoms with Gasteiger partial charge in [-0.25, -0.2) is 0 Å². The van der Waals surface area contributed by atoms with Crippen molar-refractivity contribution in [3.63, 3.8) is 0 Å². The molecule has 0 saturated carbocycles. The van der Waals surface area contributed by atoms with Crippen LogP contribution < -0.4 is 9.64 Å². The Morgan fingerprint density at radius 3 is 1.44 bits per heavy atom. The van der Waals surface area contributed by atoms with Gasteiger partial charge in [0.2, 0.25) is 0 Å². The van der Waals surface area contributed by atoms with Crippen LogP contribution in [0.5, 0.6) is 11.5 Å². The molecular weight excluding hydrogens is 414 g/mol. The van der Waals surface area contributed by atoms with E-state index in [9.17, 15) is 0 Å². The summed E-state index contributed by atoms with van der Waals surface area (Å²) in [5, 5.41) is 0. The topological polar surface area (TPSA) is 12.5 Å². The van der Waals surface area contributed by atoms with Crippen molar-refractivity contribution in [2.24, 2.45) is 5.92 Å². The molecule has 2 aromatic carbocycles. The molecule has 0 aromatic heterocycles. The van der Waals surface area contributed by atoms with Crippen LogP contribution >= 0.6 is 0 Å². The molecule has 1 heterocycles. The fourth-order valence-electron chi connectivity index (χ4n) is 5.34. The predicted octanol–water partition coefficient (Wildman–Crippen LogP) is 10.8. The van der Waals surface area contributed by atoms with Gasteiger partial charge in [0.15, 0.2) is 11.5 Å². The Bertz CT molecular complexity index is 756. The minimum atomic E-state index is 0.741. The van der Waals surface area contributed by atoms with Gasteiger partial charge in [0.05, 0.1) is 11.4 Å². The van der Waals surface area contributed by atoms with Crippen molar-refractivity contribution in [2.75, 3.05) is 11.4 Å². The molecule has 0 spiro atoms. The summed E-state index contributed by atoms with van der Waals surface area (Å²) in [7, 11) is 0. The van der Waals surface area contributed by atoms with E-state index in [4.69, 9.17) is 4.74 Å². The maximum atomic E-state index is 6.24. The number of fused-ring (bicyclic) bond motifs is 2. The van der Waals surface area contributed by atoms with Crippen molar-refractivity contribution >= 4 is 11.4 Å². The standard InChI is InChI=1S/C32H49NO/c1-3-5-7-9-11-12-14-16-22-28(21-15-13-10-8-6-4-2)27-33-29-23-17-19-25-31(29)34-32-26-20-18-24-30(32)33/h17-20,23-26,28H,3-16,21-22,27H2,1-2H3. The molecule has 3 rings (SSSR count). The minimum absolute atomic E-state index is 0.741. The van der Waals surface area contributed by atoms with E-state index < -0.39 is 0 Å². The number of benzene rings is 2. The van der Waals surface area contributed by atoms with Gasteiger partial charge in [-0.05, 0) is 43.0 Å². The Labute approximate surface area is 210 Å². The summed E-state index contributed by atoms with van der Waals surface area (Å²) in [6, 6.07) is 17.1. The summed E-state index contributed by atoms with van der Waals surface area (Å²) >= 11 is 0. The average molecular weight is 464 g/mol. The van der Waals surface area contributed by atoms with Crippen molar-refractivity contribution in [2.45, 2.75) is 117 Å². The molecule has 2 heteroatoms. The monoisotopic (exact) mass is 463 g/mol. The number of hydrogen-bond acceptors (Lipinski definition) is 2. The Morgan fingerprint density at radius 1 is 0.559 bits per heavy atom. The molecule has 188 valence electrons. The molecule has 0 N–H and O–H groups in total. The lowest BCUT2D eigenvalue weighted by molar-refractivity contribution is 0.401. The molecule has 0 saturated heterocycles. The third-order valence-electron chi connectivity index (χ3n) is 7.40. The highest BCUT2D eigenvalue weighted by molar-refractivity contribution is 5.77. The van der Waals surface area contributed by atoms with Gasteiger partial charge in [0.25, 0.3) is 0 Å². The van der Waals surface area contributed by atoms with E-state index in [-0.39, 0.29) is 0 Å². The predicted molar refractivity (Wildman–Crippen MR) is 149 cm³/mol. The number of hydrogen-bond donors (Lipinski definition) is 0. The summed E-state index contributed by atoms with van der Waals surface area (Å²) in [5.41, 5.74) is 2.45. The molecule has 0 fully saturated rings. The highest BCUT2D eigenvalue weighted by Crippen LogP contribution is 2.46. The van der Waals surface area contributed by atoms with E-state index >= 15 is 0 Å². The van der Waals surface area contributed by atoms with Gasteiger partial charge in [0, 0.05) is 6.54 Å². The largest absolute Gasteiger partial charge is 0.453 e. The quantitative estimate of drug-likeness (QED) is 0.204. The molecule has 0 amide bonds. The number of para-hydroxylation sites is 4. The van der Waals surface area contributed by atoms with Crippen molar-refractivity contribution < 1.29 is 4.74 Å². The highest BCUT2D eigenvalue weighted by Gasteiger charge is 2.25. The first-order valence-electron chi connectivity index (χ1n) is 14.5. The minimum Gasteiger partial charge on any atom is -0.453 e. The SMILES string of the molecule is CCCCCCCCCCC(CCCCCCCC)CN1c2ccccc2Oc2ccccc21. The van der Waals surface area contributed by atoms with E-state index in [0.717, 1.165) is 24.0 Å². The first-order valence-corrected chi connectivity index (χ1v) is 14.5. The summed E-state index contributed by atoms with van der Waals surface area (Å²) in [5.74, 6) is 2.73. The second-order valence-electron chi connectivity index (χ2n) is 10.3. The van der Waals surface area contributed by atoms with Crippen molar-refractivity contribution in [3.8, 4) is 11.5 Å². The van der Waals surface area contributed by atoms with E-state index in [1.165, 1.54) is 114 Å². The molecule has 34 heavy (non-hydrogen) atoms. The first kappa shape index (κ1) is 26.6. The molecule has 0 radical (unpaired) electrons. The molecule has 1 unspecified atom stereocenters. The van der Waals surface area contributed by atoms with Crippen LogP contribution in [0.3, 0.4) is 0 Å². The van der Waals surface area contributed by atoms with E-state index in [1.54, 1.807) is 0 Å². The van der Waals surface area contributed by atoms with Crippen LogP contribution in [0.1, 0.15) is 117 Å².